The lowest BCUT2D eigenvalue weighted by molar-refractivity contribution is -0.137. The predicted molar refractivity (Wildman–Crippen MR) is 67.5 cm³/mol. The van der Waals surface area contributed by atoms with Crippen LogP contribution in [0.25, 0.3) is 0 Å². The molecule has 0 radical (unpaired) electrons. The van der Waals surface area contributed by atoms with Crippen LogP contribution in [-0.2, 0) is 14.3 Å². The largest absolute Gasteiger partial charge is 0.450 e. The van der Waals surface area contributed by atoms with Gasteiger partial charge in [-0.05, 0) is 6.92 Å². The molecule has 0 aliphatic carbocycles. The van der Waals surface area contributed by atoms with Gasteiger partial charge < -0.3 is 25.0 Å². The summed E-state index contributed by atoms with van der Waals surface area (Å²) in [6.45, 7) is 5.06. The monoisotopic (exact) mass is 271 g/mol. The van der Waals surface area contributed by atoms with E-state index in [0.29, 0.717) is 46.0 Å². The lowest BCUT2D eigenvalue weighted by Gasteiger charge is -2.35. The van der Waals surface area contributed by atoms with E-state index in [1.54, 1.807) is 16.7 Å². The molecular formula is C12H21N3O4. The Morgan fingerprint density at radius 1 is 1.21 bits per heavy atom. The quantitative estimate of drug-likeness (QED) is 0.715. The van der Waals surface area contributed by atoms with Gasteiger partial charge in [-0.2, -0.15) is 0 Å². The lowest BCUT2D eigenvalue weighted by atomic mass is 10.0. The molecule has 108 valence electrons. The third-order valence-electron chi connectivity index (χ3n) is 3.56. The third kappa shape index (κ3) is 3.16. The molecule has 0 aromatic carbocycles. The molecule has 2 unspecified atom stereocenters. The average Bonchev–Trinajstić information content (AvgIpc) is 2.84. The molecule has 2 heterocycles. The highest BCUT2D eigenvalue weighted by Crippen LogP contribution is 2.16. The normalized spacial score (nSPS) is 27.5. The summed E-state index contributed by atoms with van der Waals surface area (Å²) in [6.07, 6.45) is -0.310. The molecule has 0 spiro atoms. The van der Waals surface area contributed by atoms with Crippen molar-refractivity contribution >= 4 is 12.0 Å². The van der Waals surface area contributed by atoms with Crippen molar-refractivity contribution in [2.75, 3.05) is 46.0 Å². The van der Waals surface area contributed by atoms with Crippen molar-refractivity contribution in [3.05, 3.63) is 0 Å². The van der Waals surface area contributed by atoms with Crippen molar-refractivity contribution in [1.29, 1.82) is 0 Å². The van der Waals surface area contributed by atoms with Gasteiger partial charge in [-0.25, -0.2) is 4.79 Å². The van der Waals surface area contributed by atoms with Crippen molar-refractivity contribution in [2.45, 2.75) is 13.0 Å². The molecule has 2 atom stereocenters. The van der Waals surface area contributed by atoms with Gasteiger partial charge in [0.2, 0.25) is 5.91 Å². The first-order valence-electron chi connectivity index (χ1n) is 6.67. The maximum Gasteiger partial charge on any atom is 0.409 e. The molecule has 0 saturated carbocycles. The van der Waals surface area contributed by atoms with Crippen LogP contribution in [0.3, 0.4) is 0 Å². The van der Waals surface area contributed by atoms with E-state index in [-0.39, 0.29) is 24.0 Å². The summed E-state index contributed by atoms with van der Waals surface area (Å²) in [6, 6.07) is -0.212. The second-order valence-electron chi connectivity index (χ2n) is 4.82. The number of nitrogens with zero attached hydrogens (tertiary/aromatic N) is 2. The summed E-state index contributed by atoms with van der Waals surface area (Å²) in [5.74, 6) is -0.206. The van der Waals surface area contributed by atoms with Gasteiger partial charge in [-0.15, -0.1) is 0 Å². The number of carbonyl (C=O) groups is 2. The van der Waals surface area contributed by atoms with Crippen LogP contribution >= 0.6 is 0 Å². The van der Waals surface area contributed by atoms with Gasteiger partial charge in [-0.1, -0.05) is 0 Å². The van der Waals surface area contributed by atoms with Crippen LogP contribution in [0.1, 0.15) is 6.92 Å². The molecule has 0 bridgehead atoms. The van der Waals surface area contributed by atoms with Crippen LogP contribution in [0.2, 0.25) is 0 Å². The average molecular weight is 271 g/mol. The fraction of sp³-hybridized carbons (Fsp3) is 0.833. The molecule has 2 rings (SSSR count). The first kappa shape index (κ1) is 14.1. The first-order valence-corrected chi connectivity index (χ1v) is 6.67. The van der Waals surface area contributed by atoms with E-state index in [9.17, 15) is 9.59 Å². The van der Waals surface area contributed by atoms with Crippen molar-refractivity contribution in [3.63, 3.8) is 0 Å². The molecule has 2 aliphatic heterocycles. The van der Waals surface area contributed by atoms with Gasteiger partial charge in [-0.3, -0.25) is 4.79 Å². The van der Waals surface area contributed by atoms with Crippen LogP contribution in [0.5, 0.6) is 0 Å². The molecule has 2 aliphatic rings. The molecular weight excluding hydrogens is 250 g/mol. The maximum absolute atomic E-state index is 12.2. The van der Waals surface area contributed by atoms with Gasteiger partial charge in [0, 0.05) is 32.2 Å². The molecule has 7 nitrogen and oxygen atoms in total. The van der Waals surface area contributed by atoms with Gasteiger partial charge >= 0.3 is 6.09 Å². The Hall–Kier alpha value is -1.34. The number of carbonyl (C=O) groups excluding carboxylic acids is 2. The van der Waals surface area contributed by atoms with E-state index in [4.69, 9.17) is 15.2 Å². The highest BCUT2D eigenvalue weighted by atomic mass is 16.6. The Bertz CT molecular complexity index is 342. The second kappa shape index (κ2) is 6.21. The number of hydrogen-bond acceptors (Lipinski definition) is 5. The van der Waals surface area contributed by atoms with Crippen LogP contribution in [0.4, 0.5) is 4.79 Å². The minimum atomic E-state index is -0.310. The van der Waals surface area contributed by atoms with Crippen molar-refractivity contribution < 1.29 is 19.1 Å². The van der Waals surface area contributed by atoms with Crippen LogP contribution < -0.4 is 5.73 Å². The van der Waals surface area contributed by atoms with Crippen LogP contribution in [0.15, 0.2) is 0 Å². The molecule has 2 saturated heterocycles. The molecule has 7 heteroatoms. The summed E-state index contributed by atoms with van der Waals surface area (Å²) in [5, 5.41) is 0. The smallest absolute Gasteiger partial charge is 0.409 e. The van der Waals surface area contributed by atoms with Gasteiger partial charge in [0.25, 0.3) is 0 Å². The number of ether oxygens (including phenoxy) is 2. The Morgan fingerprint density at radius 2 is 1.84 bits per heavy atom. The Labute approximate surface area is 112 Å². The summed E-state index contributed by atoms with van der Waals surface area (Å²) < 4.78 is 10.2. The molecule has 2 fully saturated rings. The fourth-order valence-corrected chi connectivity index (χ4v) is 2.38. The SMILES string of the molecule is CCOC(=O)N1CCN(C(=O)C2COCC2N)CC1. The summed E-state index contributed by atoms with van der Waals surface area (Å²) >= 11 is 0. The number of amides is 2. The summed E-state index contributed by atoms with van der Waals surface area (Å²) in [7, 11) is 0. The fourth-order valence-electron chi connectivity index (χ4n) is 2.38. The second-order valence-corrected chi connectivity index (χ2v) is 4.82. The molecule has 0 aromatic heterocycles. The number of nitrogens with two attached hydrogens (primary N) is 1. The van der Waals surface area contributed by atoms with Crippen LogP contribution in [0, 0.1) is 5.92 Å². The van der Waals surface area contributed by atoms with E-state index in [0.717, 1.165) is 0 Å². The van der Waals surface area contributed by atoms with Gasteiger partial charge in [0.05, 0.1) is 25.7 Å². The Kier molecular flexibility index (Phi) is 4.60. The van der Waals surface area contributed by atoms with Crippen molar-refractivity contribution in [2.24, 2.45) is 11.7 Å². The molecule has 2 amide bonds. The molecule has 2 N–H and O–H groups in total. The van der Waals surface area contributed by atoms with Crippen LogP contribution in [-0.4, -0.2) is 73.8 Å². The topological polar surface area (TPSA) is 85.1 Å². The number of piperazine rings is 1. The minimum absolute atomic E-state index is 0.0357. The van der Waals surface area contributed by atoms with Crippen molar-refractivity contribution in [3.8, 4) is 0 Å². The van der Waals surface area contributed by atoms with E-state index >= 15 is 0 Å². The zero-order chi connectivity index (χ0) is 13.8. The summed E-state index contributed by atoms with van der Waals surface area (Å²) in [4.78, 5) is 27.2. The van der Waals surface area contributed by atoms with Crippen molar-refractivity contribution in [1.82, 2.24) is 9.80 Å². The summed E-state index contributed by atoms with van der Waals surface area (Å²) in [5.41, 5.74) is 5.84. The third-order valence-corrected chi connectivity index (χ3v) is 3.56. The van der Waals surface area contributed by atoms with Gasteiger partial charge in [0.1, 0.15) is 0 Å². The highest BCUT2D eigenvalue weighted by Gasteiger charge is 2.35. The lowest BCUT2D eigenvalue weighted by Crippen LogP contribution is -2.53. The van der Waals surface area contributed by atoms with Gasteiger partial charge in [0.15, 0.2) is 0 Å². The number of hydrogen-bond donors (Lipinski definition) is 1. The predicted octanol–water partition coefficient (Wildman–Crippen LogP) is -0.739. The standard InChI is InChI=1S/C12H21N3O4/c1-2-19-12(17)15-5-3-14(4-6-15)11(16)9-7-18-8-10(9)13/h9-10H,2-8,13H2,1H3. The van der Waals surface area contributed by atoms with E-state index < -0.39 is 0 Å². The zero-order valence-corrected chi connectivity index (χ0v) is 11.2. The molecule has 0 aromatic rings. The number of rotatable bonds is 2. The maximum atomic E-state index is 12.2. The van der Waals surface area contributed by atoms with E-state index in [2.05, 4.69) is 0 Å². The Morgan fingerprint density at radius 3 is 2.37 bits per heavy atom. The van der Waals surface area contributed by atoms with E-state index in [1.165, 1.54) is 0 Å². The Balaban J connectivity index is 1.82. The molecule has 19 heavy (non-hydrogen) atoms. The minimum Gasteiger partial charge on any atom is -0.450 e. The first-order chi connectivity index (χ1) is 9.13. The highest BCUT2D eigenvalue weighted by molar-refractivity contribution is 5.80. The zero-order valence-electron chi connectivity index (χ0n) is 11.2. The van der Waals surface area contributed by atoms with E-state index in [1.807, 2.05) is 0 Å².